The van der Waals surface area contributed by atoms with Gasteiger partial charge in [0.1, 0.15) is 0 Å². The fourth-order valence-electron chi connectivity index (χ4n) is 4.67. The van der Waals surface area contributed by atoms with E-state index in [0.717, 1.165) is 44.5 Å². The number of aliphatic hydroxyl groups excluding tert-OH is 1. The van der Waals surface area contributed by atoms with Gasteiger partial charge < -0.3 is 15.3 Å². The molecule has 2 aromatic carbocycles. The molecular weight excluding hydrogens is 398 g/mol. The maximum absolute atomic E-state index is 12.5. The summed E-state index contributed by atoms with van der Waals surface area (Å²) in [6, 6.07) is 18.4. The fourth-order valence-corrected chi connectivity index (χ4v) is 4.67. The number of nitrogens with zero attached hydrogens (tertiary/aromatic N) is 2. The number of hydrogen-bond donors (Lipinski definition) is 2. The average molecular weight is 438 g/mol. The summed E-state index contributed by atoms with van der Waals surface area (Å²) in [7, 11) is 2.04. The van der Waals surface area contributed by atoms with E-state index in [2.05, 4.69) is 47.2 Å². The first-order chi connectivity index (χ1) is 15.4. The number of likely N-dealkylation sites (tertiary alicyclic amines) is 1. The van der Waals surface area contributed by atoms with E-state index in [1.807, 2.05) is 43.4 Å². The minimum atomic E-state index is -0.430. The molecule has 1 heterocycles. The highest BCUT2D eigenvalue weighted by Gasteiger charge is 2.23. The summed E-state index contributed by atoms with van der Waals surface area (Å²) in [4.78, 5) is 17.0. The van der Waals surface area contributed by atoms with Crippen LogP contribution in [-0.2, 0) is 11.2 Å². The summed E-state index contributed by atoms with van der Waals surface area (Å²) in [5.74, 6) is 0.694. The number of aryl methyl sites for hydroxylation is 1. The van der Waals surface area contributed by atoms with Crippen LogP contribution in [0.3, 0.4) is 0 Å². The lowest BCUT2D eigenvalue weighted by molar-refractivity contribution is -0.122. The van der Waals surface area contributed by atoms with E-state index in [1.54, 1.807) is 0 Å². The van der Waals surface area contributed by atoms with Crippen molar-refractivity contribution in [3.05, 3.63) is 71.3 Å². The third-order valence-corrected chi connectivity index (χ3v) is 6.50. The van der Waals surface area contributed by atoms with Gasteiger partial charge in [-0.2, -0.15) is 0 Å². The number of β-amino-alcohol motifs (C(OH)–C–C–N with tert-alkyl or cyclic N) is 1. The quantitative estimate of drug-likeness (QED) is 0.598. The van der Waals surface area contributed by atoms with E-state index >= 15 is 0 Å². The maximum atomic E-state index is 12.5. The van der Waals surface area contributed by atoms with Crippen molar-refractivity contribution in [3.8, 4) is 0 Å². The van der Waals surface area contributed by atoms with Crippen LogP contribution < -0.4 is 5.32 Å². The monoisotopic (exact) mass is 437 g/mol. The zero-order valence-corrected chi connectivity index (χ0v) is 19.8. The number of aliphatic hydroxyl groups is 1. The van der Waals surface area contributed by atoms with E-state index in [9.17, 15) is 9.90 Å². The Labute approximate surface area is 193 Å². The molecule has 0 spiro atoms. The van der Waals surface area contributed by atoms with Crippen LogP contribution in [-0.4, -0.2) is 66.6 Å². The van der Waals surface area contributed by atoms with Gasteiger partial charge >= 0.3 is 0 Å². The molecule has 1 fully saturated rings. The van der Waals surface area contributed by atoms with Gasteiger partial charge in [-0.25, -0.2) is 0 Å². The first-order valence-electron chi connectivity index (χ1n) is 11.9. The Morgan fingerprint density at radius 2 is 1.78 bits per heavy atom. The molecule has 1 amide bonds. The second-order valence-corrected chi connectivity index (χ2v) is 9.47. The van der Waals surface area contributed by atoms with Crippen LogP contribution in [0.4, 0.5) is 0 Å². The van der Waals surface area contributed by atoms with Crippen LogP contribution in [0.2, 0.25) is 0 Å². The molecule has 1 saturated heterocycles. The van der Waals surface area contributed by atoms with Crippen LogP contribution in [0.15, 0.2) is 54.6 Å². The number of carbonyl (C=O) groups excluding carboxylic acids is 1. The van der Waals surface area contributed by atoms with Gasteiger partial charge in [-0.1, -0.05) is 54.6 Å². The lowest BCUT2D eigenvalue weighted by Crippen LogP contribution is -2.43. The number of nitrogens with one attached hydrogen (secondary N) is 1. The Morgan fingerprint density at radius 3 is 2.47 bits per heavy atom. The van der Waals surface area contributed by atoms with Crippen molar-refractivity contribution >= 4 is 5.91 Å². The van der Waals surface area contributed by atoms with Gasteiger partial charge in [0.2, 0.25) is 5.91 Å². The second-order valence-electron chi connectivity index (χ2n) is 9.47. The largest absolute Gasteiger partial charge is 0.387 e. The lowest BCUT2D eigenvalue weighted by Gasteiger charge is -2.34. The predicted molar refractivity (Wildman–Crippen MR) is 131 cm³/mol. The van der Waals surface area contributed by atoms with E-state index in [0.29, 0.717) is 19.0 Å². The number of amides is 1. The lowest BCUT2D eigenvalue weighted by atomic mass is 9.95. The highest BCUT2D eigenvalue weighted by atomic mass is 16.3. The van der Waals surface area contributed by atoms with Crippen molar-refractivity contribution in [2.45, 2.75) is 45.3 Å². The molecule has 5 heteroatoms. The summed E-state index contributed by atoms with van der Waals surface area (Å²) in [6.45, 7) is 8.26. The minimum Gasteiger partial charge on any atom is -0.387 e. The smallest absolute Gasteiger partial charge is 0.234 e. The normalized spacial score (nSPS) is 17.3. The Hall–Kier alpha value is -2.21. The molecule has 2 unspecified atom stereocenters. The summed E-state index contributed by atoms with van der Waals surface area (Å²) >= 11 is 0. The molecule has 1 aliphatic rings. The highest BCUT2D eigenvalue weighted by Crippen LogP contribution is 2.21. The molecule has 2 aromatic rings. The fraction of sp³-hybridized carbons (Fsp3) is 0.519. The van der Waals surface area contributed by atoms with Gasteiger partial charge in [-0.3, -0.25) is 9.69 Å². The number of hydrogen-bond acceptors (Lipinski definition) is 4. The summed E-state index contributed by atoms with van der Waals surface area (Å²) in [5, 5.41) is 13.6. The van der Waals surface area contributed by atoms with Crippen LogP contribution >= 0.6 is 0 Å². The zero-order chi connectivity index (χ0) is 22.9. The third-order valence-electron chi connectivity index (χ3n) is 6.50. The Balaban J connectivity index is 1.34. The number of carbonyl (C=O) groups is 1. The van der Waals surface area contributed by atoms with Crippen molar-refractivity contribution in [2.75, 3.05) is 39.8 Å². The molecule has 0 bridgehead atoms. The molecule has 3 rings (SSSR count). The molecular formula is C27H39N3O2. The van der Waals surface area contributed by atoms with Gasteiger partial charge in [0.25, 0.3) is 0 Å². The van der Waals surface area contributed by atoms with Crippen LogP contribution in [0.25, 0.3) is 0 Å². The maximum Gasteiger partial charge on any atom is 0.234 e. The molecule has 1 aliphatic heterocycles. The van der Waals surface area contributed by atoms with Gasteiger partial charge in [0.05, 0.1) is 12.6 Å². The van der Waals surface area contributed by atoms with Crippen molar-refractivity contribution in [3.63, 3.8) is 0 Å². The number of piperidine rings is 1. The standard InChI is InChI=1S/C27H39N3O2/c1-21-9-7-8-12-25(21)17-22(2)28-27(32)20-29(3)18-23-13-15-30(16-14-23)19-26(31)24-10-5-4-6-11-24/h4-12,22-23,26,31H,13-20H2,1-3H3,(H,28,32). The van der Waals surface area contributed by atoms with Crippen LogP contribution in [0.5, 0.6) is 0 Å². The summed E-state index contributed by atoms with van der Waals surface area (Å²) in [5.41, 5.74) is 3.54. The van der Waals surface area contributed by atoms with E-state index in [-0.39, 0.29) is 11.9 Å². The summed E-state index contributed by atoms with van der Waals surface area (Å²) < 4.78 is 0. The SMILES string of the molecule is Cc1ccccc1CC(C)NC(=O)CN(C)CC1CCN(CC(O)c2ccccc2)CC1. The molecule has 32 heavy (non-hydrogen) atoms. The first kappa shape index (κ1) is 24.4. The van der Waals surface area contributed by atoms with Gasteiger partial charge in [-0.15, -0.1) is 0 Å². The average Bonchev–Trinajstić information content (AvgIpc) is 2.77. The Kier molecular flexibility index (Phi) is 9.27. The first-order valence-corrected chi connectivity index (χ1v) is 11.9. The van der Waals surface area contributed by atoms with Crippen molar-refractivity contribution < 1.29 is 9.90 Å². The van der Waals surface area contributed by atoms with Crippen molar-refractivity contribution in [2.24, 2.45) is 5.92 Å². The predicted octanol–water partition coefficient (Wildman–Crippen LogP) is 3.42. The van der Waals surface area contributed by atoms with E-state index < -0.39 is 6.10 Å². The minimum absolute atomic E-state index is 0.0944. The number of likely N-dealkylation sites (N-methyl/N-ethyl adjacent to an activating group) is 1. The third kappa shape index (κ3) is 7.73. The Bertz CT molecular complexity index is 834. The second kappa shape index (κ2) is 12.1. The van der Waals surface area contributed by atoms with Gasteiger partial charge in [0.15, 0.2) is 0 Å². The zero-order valence-electron chi connectivity index (χ0n) is 19.8. The summed E-state index contributed by atoms with van der Waals surface area (Å²) in [6.07, 6.45) is 2.64. The van der Waals surface area contributed by atoms with Crippen molar-refractivity contribution in [1.82, 2.24) is 15.1 Å². The van der Waals surface area contributed by atoms with Crippen LogP contribution in [0.1, 0.15) is 42.6 Å². The van der Waals surface area contributed by atoms with E-state index in [4.69, 9.17) is 0 Å². The Morgan fingerprint density at radius 1 is 1.12 bits per heavy atom. The molecule has 0 radical (unpaired) electrons. The molecule has 0 aromatic heterocycles. The van der Waals surface area contributed by atoms with Crippen LogP contribution in [0, 0.1) is 12.8 Å². The van der Waals surface area contributed by atoms with E-state index in [1.165, 1.54) is 11.1 Å². The number of rotatable bonds is 10. The van der Waals surface area contributed by atoms with Gasteiger partial charge in [0, 0.05) is 19.1 Å². The van der Waals surface area contributed by atoms with Gasteiger partial charge in [-0.05, 0) is 75.9 Å². The molecule has 174 valence electrons. The topological polar surface area (TPSA) is 55.8 Å². The molecule has 0 aliphatic carbocycles. The molecule has 2 N–H and O–H groups in total. The van der Waals surface area contributed by atoms with Crippen molar-refractivity contribution in [1.29, 1.82) is 0 Å². The molecule has 5 nitrogen and oxygen atoms in total. The molecule has 2 atom stereocenters. The number of benzene rings is 2. The highest BCUT2D eigenvalue weighted by molar-refractivity contribution is 5.78. The molecule has 0 saturated carbocycles.